The van der Waals surface area contributed by atoms with Crippen molar-refractivity contribution in [2.45, 2.75) is 13.5 Å². The number of rotatable bonds is 4. The Labute approximate surface area is 143 Å². The Morgan fingerprint density at radius 3 is 2.84 bits per heavy atom. The van der Waals surface area contributed by atoms with E-state index in [9.17, 15) is 9.59 Å². The van der Waals surface area contributed by atoms with Crippen LogP contribution < -0.4 is 10.6 Å². The topological polar surface area (TPSA) is 103 Å². The van der Waals surface area contributed by atoms with Crippen LogP contribution in [0.15, 0.2) is 30.6 Å². The number of hydrogen-bond donors (Lipinski definition) is 2. The van der Waals surface area contributed by atoms with Crippen molar-refractivity contribution in [2.75, 3.05) is 12.4 Å². The quantitative estimate of drug-likeness (QED) is 0.699. The van der Waals surface area contributed by atoms with Crippen molar-refractivity contribution < 1.29 is 14.3 Å². The van der Waals surface area contributed by atoms with Crippen LogP contribution >= 0.6 is 0 Å². The number of urea groups is 1. The van der Waals surface area contributed by atoms with Gasteiger partial charge in [-0.3, -0.25) is 10.00 Å². The SMILES string of the molecule is COC(=O)c1cc(NC(=O)NCc2cn3cc(C)ccc3n2)n(C)n1. The fraction of sp³-hybridized carbons (Fsp3) is 0.250. The van der Waals surface area contributed by atoms with Gasteiger partial charge in [-0.05, 0) is 18.6 Å². The molecule has 0 bridgehead atoms. The number of fused-ring (bicyclic) bond motifs is 1. The van der Waals surface area contributed by atoms with Crippen molar-refractivity contribution in [1.29, 1.82) is 0 Å². The van der Waals surface area contributed by atoms with Crippen LogP contribution in [-0.2, 0) is 18.3 Å². The number of nitrogens with zero attached hydrogens (tertiary/aromatic N) is 4. The van der Waals surface area contributed by atoms with Gasteiger partial charge in [-0.25, -0.2) is 14.6 Å². The van der Waals surface area contributed by atoms with E-state index < -0.39 is 12.0 Å². The summed E-state index contributed by atoms with van der Waals surface area (Å²) in [4.78, 5) is 27.9. The number of imidazole rings is 1. The first-order chi connectivity index (χ1) is 12.0. The number of carbonyl (C=O) groups excluding carboxylic acids is 2. The Morgan fingerprint density at radius 2 is 2.08 bits per heavy atom. The fourth-order valence-corrected chi connectivity index (χ4v) is 2.36. The smallest absolute Gasteiger partial charge is 0.358 e. The Bertz CT molecular complexity index is 943. The number of aryl methyl sites for hydroxylation is 2. The highest BCUT2D eigenvalue weighted by atomic mass is 16.5. The zero-order chi connectivity index (χ0) is 18.0. The molecule has 0 atom stereocenters. The highest BCUT2D eigenvalue weighted by Crippen LogP contribution is 2.10. The number of carbonyl (C=O) groups is 2. The van der Waals surface area contributed by atoms with Crippen molar-refractivity contribution in [3.05, 3.63) is 47.5 Å². The summed E-state index contributed by atoms with van der Waals surface area (Å²) in [6, 6.07) is 4.92. The van der Waals surface area contributed by atoms with Gasteiger partial charge in [-0.1, -0.05) is 6.07 Å². The van der Waals surface area contributed by atoms with Gasteiger partial charge in [0.1, 0.15) is 11.5 Å². The molecule has 2 N–H and O–H groups in total. The Kier molecular flexibility index (Phi) is 4.38. The summed E-state index contributed by atoms with van der Waals surface area (Å²) in [5, 5.41) is 9.32. The van der Waals surface area contributed by atoms with Crippen molar-refractivity contribution in [3.63, 3.8) is 0 Å². The normalized spacial score (nSPS) is 10.7. The molecule has 3 aromatic rings. The molecule has 0 aliphatic heterocycles. The lowest BCUT2D eigenvalue weighted by molar-refractivity contribution is 0.0593. The van der Waals surface area contributed by atoms with Crippen molar-refractivity contribution in [2.24, 2.45) is 7.05 Å². The van der Waals surface area contributed by atoms with Crippen molar-refractivity contribution in [3.8, 4) is 0 Å². The van der Waals surface area contributed by atoms with Crippen LogP contribution in [0.2, 0.25) is 0 Å². The van der Waals surface area contributed by atoms with Crippen LogP contribution in [0.1, 0.15) is 21.7 Å². The van der Waals surface area contributed by atoms with Gasteiger partial charge >= 0.3 is 12.0 Å². The number of amides is 2. The molecule has 0 spiro atoms. The van der Waals surface area contributed by atoms with Gasteiger partial charge in [0.25, 0.3) is 0 Å². The number of esters is 1. The first-order valence-corrected chi connectivity index (χ1v) is 7.57. The van der Waals surface area contributed by atoms with E-state index in [0.29, 0.717) is 5.82 Å². The van der Waals surface area contributed by atoms with Gasteiger partial charge in [0.05, 0.1) is 19.3 Å². The minimum atomic E-state index is -0.566. The molecule has 9 heteroatoms. The second-order valence-corrected chi connectivity index (χ2v) is 5.54. The number of anilines is 1. The summed E-state index contributed by atoms with van der Waals surface area (Å²) in [6.07, 6.45) is 3.83. The molecule has 3 heterocycles. The van der Waals surface area contributed by atoms with E-state index in [-0.39, 0.29) is 12.2 Å². The van der Waals surface area contributed by atoms with Gasteiger partial charge in [0.2, 0.25) is 0 Å². The number of ether oxygens (including phenoxy) is 1. The minimum absolute atomic E-state index is 0.121. The maximum Gasteiger partial charge on any atom is 0.358 e. The predicted octanol–water partition coefficient (Wildman–Crippen LogP) is 1.48. The Balaban J connectivity index is 1.62. The molecule has 3 aromatic heterocycles. The van der Waals surface area contributed by atoms with Crippen molar-refractivity contribution in [1.82, 2.24) is 24.5 Å². The van der Waals surface area contributed by atoms with Gasteiger partial charge in [0.15, 0.2) is 5.69 Å². The molecule has 0 saturated heterocycles. The van der Waals surface area contributed by atoms with Gasteiger partial charge in [-0.15, -0.1) is 0 Å². The lowest BCUT2D eigenvalue weighted by atomic mass is 10.3. The molecule has 9 nitrogen and oxygen atoms in total. The average molecular weight is 342 g/mol. The van der Waals surface area contributed by atoms with Crippen molar-refractivity contribution >= 4 is 23.5 Å². The molecule has 25 heavy (non-hydrogen) atoms. The maximum atomic E-state index is 12.0. The van der Waals surface area contributed by atoms with E-state index in [1.54, 1.807) is 7.05 Å². The van der Waals surface area contributed by atoms with E-state index in [2.05, 4.69) is 25.5 Å². The Hall–Kier alpha value is -3.36. The molecule has 0 saturated carbocycles. The first kappa shape index (κ1) is 16.5. The highest BCUT2D eigenvalue weighted by Gasteiger charge is 2.14. The predicted molar refractivity (Wildman–Crippen MR) is 90.3 cm³/mol. The van der Waals surface area contributed by atoms with Gasteiger partial charge < -0.3 is 14.5 Å². The number of nitrogens with one attached hydrogen (secondary N) is 2. The van der Waals surface area contributed by atoms with Crippen LogP contribution in [0.3, 0.4) is 0 Å². The fourth-order valence-electron chi connectivity index (χ4n) is 2.36. The summed E-state index contributed by atoms with van der Waals surface area (Å²) >= 11 is 0. The molecule has 0 aromatic carbocycles. The molecule has 0 unspecified atom stereocenters. The molecule has 130 valence electrons. The average Bonchev–Trinajstić information content (AvgIpc) is 3.15. The largest absolute Gasteiger partial charge is 0.464 e. The lowest BCUT2D eigenvalue weighted by Crippen LogP contribution is -2.29. The second kappa shape index (κ2) is 6.63. The monoisotopic (exact) mass is 342 g/mol. The molecule has 2 amide bonds. The van der Waals surface area contributed by atoms with E-state index in [1.165, 1.54) is 17.9 Å². The molecule has 0 aliphatic carbocycles. The Morgan fingerprint density at radius 1 is 1.28 bits per heavy atom. The van der Waals surface area contributed by atoms with Crippen LogP contribution in [0, 0.1) is 6.92 Å². The summed E-state index contributed by atoms with van der Waals surface area (Å²) in [6.45, 7) is 2.27. The molecule has 0 aliphatic rings. The third-order valence-corrected chi connectivity index (χ3v) is 3.59. The molecular weight excluding hydrogens is 324 g/mol. The molecule has 0 fully saturated rings. The first-order valence-electron chi connectivity index (χ1n) is 7.57. The minimum Gasteiger partial charge on any atom is -0.464 e. The summed E-state index contributed by atoms with van der Waals surface area (Å²) < 4.78 is 7.90. The standard InChI is InChI=1S/C16H18N6O3/c1-10-4-5-13-18-11(9-22(13)8-10)7-17-16(24)19-14-6-12(15(23)25-3)20-21(14)2/h4-6,8-9H,7H2,1-3H3,(H2,17,19,24). The summed E-state index contributed by atoms with van der Waals surface area (Å²) in [5.41, 5.74) is 2.80. The molecule has 3 rings (SSSR count). The zero-order valence-electron chi connectivity index (χ0n) is 14.1. The summed E-state index contributed by atoms with van der Waals surface area (Å²) in [7, 11) is 2.89. The number of methoxy groups -OCH3 is 1. The number of pyridine rings is 1. The van der Waals surface area contributed by atoms with E-state index in [1.807, 2.05) is 35.9 Å². The second-order valence-electron chi connectivity index (χ2n) is 5.54. The van der Waals surface area contributed by atoms with Crippen LogP contribution in [0.25, 0.3) is 5.65 Å². The lowest BCUT2D eigenvalue weighted by Gasteiger charge is -2.05. The maximum absolute atomic E-state index is 12.0. The third kappa shape index (κ3) is 3.60. The van der Waals surface area contributed by atoms with Crippen LogP contribution in [-0.4, -0.2) is 38.3 Å². The van der Waals surface area contributed by atoms with Crippen LogP contribution in [0.5, 0.6) is 0 Å². The van der Waals surface area contributed by atoms with E-state index in [4.69, 9.17) is 0 Å². The van der Waals surface area contributed by atoms with E-state index in [0.717, 1.165) is 16.9 Å². The van der Waals surface area contributed by atoms with Crippen LogP contribution in [0.4, 0.5) is 10.6 Å². The molecular formula is C16H18N6O3. The highest BCUT2D eigenvalue weighted by molar-refractivity contribution is 5.92. The molecule has 0 radical (unpaired) electrons. The summed E-state index contributed by atoms with van der Waals surface area (Å²) in [5.74, 6) is -0.187. The zero-order valence-corrected chi connectivity index (χ0v) is 14.1. The van der Waals surface area contributed by atoms with Gasteiger partial charge in [-0.2, -0.15) is 5.10 Å². The third-order valence-electron chi connectivity index (χ3n) is 3.59. The number of hydrogen-bond acceptors (Lipinski definition) is 5. The number of aromatic nitrogens is 4. The van der Waals surface area contributed by atoms with Gasteiger partial charge in [0, 0.05) is 25.5 Å². The van der Waals surface area contributed by atoms with E-state index >= 15 is 0 Å².